The minimum absolute atomic E-state index is 0.107. The van der Waals surface area contributed by atoms with E-state index < -0.39 is 12.1 Å². The van der Waals surface area contributed by atoms with E-state index in [0.717, 1.165) is 77.0 Å². The van der Waals surface area contributed by atoms with Crippen molar-refractivity contribution < 1.29 is 28.6 Å². The predicted octanol–water partition coefficient (Wildman–Crippen LogP) is 24.0. The predicted molar refractivity (Wildman–Crippen MR) is 353 cm³/mol. The van der Waals surface area contributed by atoms with Crippen molar-refractivity contribution in [3.63, 3.8) is 0 Å². The maximum atomic E-state index is 12.9. The average Bonchev–Trinajstić information content (AvgIpc) is 3.47. The highest BCUT2D eigenvalue weighted by Crippen LogP contribution is 2.17. The summed E-state index contributed by atoms with van der Waals surface area (Å²) in [6.07, 6.45) is 93.2. The average molecular weight is 1130 g/mol. The molecule has 0 aliphatic carbocycles. The van der Waals surface area contributed by atoms with Crippen LogP contribution >= 0.6 is 0 Å². The van der Waals surface area contributed by atoms with Crippen LogP contribution in [0, 0.1) is 0 Å². The molecule has 81 heavy (non-hydrogen) atoms. The molecule has 466 valence electrons. The van der Waals surface area contributed by atoms with Crippen molar-refractivity contribution in [3.8, 4) is 0 Å². The molecule has 0 aliphatic rings. The number of hydrogen-bond donors (Lipinski definition) is 0. The summed E-state index contributed by atoms with van der Waals surface area (Å²) in [5, 5.41) is 0. The smallest absolute Gasteiger partial charge is 0.309 e. The SMILES string of the molecule is CC/C=C\C/C=C\C/C=C\C/C=C\C/C=C\CC(=O)OCC(COC(=O)CCCCCCCCCCCCCCCCC/C=C\CCCCCCCCCC)OC(=O)CCCCCCCCCCC/C=C\C/C=C\CCCCCCC. The van der Waals surface area contributed by atoms with Crippen molar-refractivity contribution in [2.45, 2.75) is 348 Å². The molecule has 0 saturated heterocycles. The molecule has 0 spiro atoms. The van der Waals surface area contributed by atoms with Crippen molar-refractivity contribution in [1.29, 1.82) is 0 Å². The van der Waals surface area contributed by atoms with Crippen LogP contribution in [0.25, 0.3) is 0 Å². The monoisotopic (exact) mass is 1130 g/mol. The van der Waals surface area contributed by atoms with Crippen LogP contribution in [-0.4, -0.2) is 37.2 Å². The summed E-state index contributed by atoms with van der Waals surface area (Å²) >= 11 is 0. The Morgan fingerprint density at radius 1 is 0.272 bits per heavy atom. The molecule has 6 heteroatoms. The highest BCUT2D eigenvalue weighted by Gasteiger charge is 2.19. The van der Waals surface area contributed by atoms with Gasteiger partial charge >= 0.3 is 17.9 Å². The van der Waals surface area contributed by atoms with E-state index in [1.165, 1.54) is 225 Å². The highest BCUT2D eigenvalue weighted by atomic mass is 16.6. The lowest BCUT2D eigenvalue weighted by Gasteiger charge is -2.18. The maximum Gasteiger partial charge on any atom is 0.309 e. The van der Waals surface area contributed by atoms with E-state index in [0.29, 0.717) is 12.8 Å². The van der Waals surface area contributed by atoms with E-state index in [1.54, 1.807) is 6.08 Å². The summed E-state index contributed by atoms with van der Waals surface area (Å²) in [6.45, 7) is 6.46. The largest absolute Gasteiger partial charge is 0.462 e. The van der Waals surface area contributed by atoms with Gasteiger partial charge in [-0.25, -0.2) is 0 Å². The number of allylic oxidation sites excluding steroid dienone is 15. The minimum Gasteiger partial charge on any atom is -0.462 e. The molecule has 0 aromatic heterocycles. The van der Waals surface area contributed by atoms with Crippen LogP contribution < -0.4 is 0 Å². The van der Waals surface area contributed by atoms with Gasteiger partial charge in [0.25, 0.3) is 0 Å². The van der Waals surface area contributed by atoms with Gasteiger partial charge in [0.1, 0.15) is 13.2 Å². The van der Waals surface area contributed by atoms with Crippen LogP contribution in [0.5, 0.6) is 0 Å². The summed E-state index contributed by atoms with van der Waals surface area (Å²) < 4.78 is 16.9. The molecular weight excluding hydrogens is 997 g/mol. The van der Waals surface area contributed by atoms with Crippen molar-refractivity contribution in [1.82, 2.24) is 0 Å². The van der Waals surface area contributed by atoms with E-state index in [1.807, 2.05) is 6.08 Å². The van der Waals surface area contributed by atoms with Crippen LogP contribution in [0.4, 0.5) is 0 Å². The summed E-state index contributed by atoms with van der Waals surface area (Å²) in [4.78, 5) is 38.3. The van der Waals surface area contributed by atoms with Gasteiger partial charge in [-0.1, -0.05) is 317 Å². The maximum absolute atomic E-state index is 12.9. The van der Waals surface area contributed by atoms with E-state index in [2.05, 4.69) is 106 Å². The first-order chi connectivity index (χ1) is 40.0. The Labute approximate surface area is 502 Å². The third-order valence-corrected chi connectivity index (χ3v) is 15.1. The van der Waals surface area contributed by atoms with Gasteiger partial charge in [-0.05, 0) is 103 Å². The first-order valence-electron chi connectivity index (χ1n) is 34.7. The molecule has 0 heterocycles. The molecule has 0 saturated carbocycles. The number of carbonyl (C=O) groups excluding carboxylic acids is 3. The van der Waals surface area contributed by atoms with E-state index in [-0.39, 0.29) is 31.6 Å². The normalized spacial score (nSPS) is 12.7. The van der Waals surface area contributed by atoms with Crippen molar-refractivity contribution in [2.24, 2.45) is 0 Å². The third-order valence-electron chi connectivity index (χ3n) is 15.1. The lowest BCUT2D eigenvalue weighted by atomic mass is 10.0. The number of unbranched alkanes of at least 4 members (excludes halogenated alkanes) is 37. The first kappa shape index (κ1) is 77.3. The Kier molecular flexibility index (Phi) is 65.7. The number of hydrogen-bond acceptors (Lipinski definition) is 6. The minimum atomic E-state index is -0.822. The van der Waals surface area contributed by atoms with Gasteiger partial charge in [0.2, 0.25) is 0 Å². The van der Waals surface area contributed by atoms with Crippen molar-refractivity contribution in [3.05, 3.63) is 97.2 Å². The molecule has 0 N–H and O–H groups in total. The van der Waals surface area contributed by atoms with Gasteiger partial charge in [0.15, 0.2) is 6.10 Å². The molecule has 0 aromatic carbocycles. The quantitative estimate of drug-likeness (QED) is 0.0261. The molecular formula is C75H130O6. The lowest BCUT2D eigenvalue weighted by molar-refractivity contribution is -0.166. The Balaban J connectivity index is 4.35. The van der Waals surface area contributed by atoms with Crippen LogP contribution in [0.1, 0.15) is 342 Å². The van der Waals surface area contributed by atoms with Gasteiger partial charge in [-0.2, -0.15) is 0 Å². The number of rotatable bonds is 63. The molecule has 0 aliphatic heterocycles. The second-order valence-electron chi connectivity index (χ2n) is 23.1. The van der Waals surface area contributed by atoms with Gasteiger partial charge in [-0.15, -0.1) is 0 Å². The summed E-state index contributed by atoms with van der Waals surface area (Å²) in [6, 6.07) is 0. The first-order valence-corrected chi connectivity index (χ1v) is 34.7. The standard InChI is InChI=1S/C75H130O6/c1-4-7-10-13-16-19-22-25-28-30-32-34-35-36-37-38-39-41-42-44-47-50-53-56-59-62-65-68-74(77)80-71-72(70-79-73(76)67-64-61-58-55-52-49-46-27-24-21-18-15-12-9-6-3)81-75(78)69-66-63-60-57-54-51-48-45-43-40-33-31-29-26-23-20-17-14-11-8-5-2/h9,12,18,21,23,26-27,30-33,46,52,55,61,64,72H,4-8,10-11,13-17,19-20,22,24-25,28-29,34-45,47-51,53-54,56-60,62-63,65-71H2,1-3H3/b12-9-,21-18-,26-23-,32-30-,33-31-,46-27-,55-52-,64-61-. The summed E-state index contributed by atoms with van der Waals surface area (Å²) in [7, 11) is 0. The molecule has 1 atom stereocenters. The fraction of sp³-hybridized carbons (Fsp3) is 0.747. The fourth-order valence-electron chi connectivity index (χ4n) is 9.90. The number of ether oxygens (including phenoxy) is 3. The molecule has 6 nitrogen and oxygen atoms in total. The van der Waals surface area contributed by atoms with E-state index in [4.69, 9.17) is 14.2 Å². The van der Waals surface area contributed by atoms with Crippen molar-refractivity contribution >= 4 is 17.9 Å². The lowest BCUT2D eigenvalue weighted by Crippen LogP contribution is -2.30. The highest BCUT2D eigenvalue weighted by molar-refractivity contribution is 5.72. The zero-order valence-electron chi connectivity index (χ0n) is 53.5. The number of carbonyl (C=O) groups is 3. The second kappa shape index (κ2) is 68.8. The van der Waals surface area contributed by atoms with Crippen LogP contribution in [0.2, 0.25) is 0 Å². The van der Waals surface area contributed by atoms with Crippen LogP contribution in [0.3, 0.4) is 0 Å². The number of esters is 3. The Morgan fingerprint density at radius 3 is 0.877 bits per heavy atom. The molecule has 0 aromatic rings. The summed E-state index contributed by atoms with van der Waals surface area (Å²) in [5.74, 6) is -1.03. The molecule has 0 radical (unpaired) electrons. The van der Waals surface area contributed by atoms with Crippen molar-refractivity contribution in [2.75, 3.05) is 13.2 Å². The molecule has 0 rings (SSSR count). The second-order valence-corrected chi connectivity index (χ2v) is 23.1. The van der Waals surface area contributed by atoms with Crippen LogP contribution in [0.15, 0.2) is 97.2 Å². The topological polar surface area (TPSA) is 78.9 Å². The van der Waals surface area contributed by atoms with Gasteiger partial charge in [-0.3, -0.25) is 14.4 Å². The van der Waals surface area contributed by atoms with Crippen LogP contribution in [-0.2, 0) is 28.6 Å². The fourth-order valence-corrected chi connectivity index (χ4v) is 9.90. The zero-order chi connectivity index (χ0) is 58.5. The molecule has 0 fully saturated rings. The molecule has 0 bridgehead atoms. The van der Waals surface area contributed by atoms with E-state index >= 15 is 0 Å². The van der Waals surface area contributed by atoms with Gasteiger partial charge in [0.05, 0.1) is 6.42 Å². The molecule has 0 amide bonds. The Bertz CT molecular complexity index is 1580. The zero-order valence-corrected chi connectivity index (χ0v) is 53.5. The summed E-state index contributed by atoms with van der Waals surface area (Å²) in [5.41, 5.74) is 0. The third kappa shape index (κ3) is 67.0. The Hall–Kier alpha value is -3.67. The molecule has 1 unspecified atom stereocenters. The van der Waals surface area contributed by atoms with E-state index in [9.17, 15) is 14.4 Å². The van der Waals surface area contributed by atoms with Gasteiger partial charge in [0, 0.05) is 12.8 Å². The Morgan fingerprint density at radius 2 is 0.531 bits per heavy atom. The van der Waals surface area contributed by atoms with Gasteiger partial charge < -0.3 is 14.2 Å².